The molecule has 7 heteroatoms. The molecule has 2 aromatic carbocycles. The average molecular weight is 468 g/mol. The van der Waals surface area contributed by atoms with Gasteiger partial charge >= 0.3 is 5.97 Å². The first-order valence-electron chi connectivity index (χ1n) is 10.8. The lowest BCUT2D eigenvalue weighted by atomic mass is 9.78. The van der Waals surface area contributed by atoms with Crippen LogP contribution in [0.4, 0.5) is 0 Å². The van der Waals surface area contributed by atoms with Crippen LogP contribution in [-0.2, 0) is 21.6 Å². The Kier molecular flexibility index (Phi) is 8.22. The molecule has 6 nitrogen and oxygen atoms in total. The second-order valence-corrected chi connectivity index (χ2v) is 8.40. The number of ether oxygens (including phenoxy) is 2. The lowest BCUT2D eigenvalue weighted by Crippen LogP contribution is -2.43. The van der Waals surface area contributed by atoms with Crippen LogP contribution in [0.2, 0.25) is 0 Å². The van der Waals surface area contributed by atoms with Crippen molar-refractivity contribution >= 4 is 24.5 Å². The molecule has 0 saturated carbocycles. The van der Waals surface area contributed by atoms with Crippen LogP contribution in [0.15, 0.2) is 71.1 Å². The lowest BCUT2D eigenvalue weighted by Gasteiger charge is -2.26. The zero-order chi connectivity index (χ0) is 23.8. The van der Waals surface area contributed by atoms with E-state index in [2.05, 4.69) is 56.1 Å². The number of hydrogen-bond donors (Lipinski definition) is 2. The second-order valence-electron chi connectivity index (χ2n) is 8.03. The minimum absolute atomic E-state index is 0.0876. The summed E-state index contributed by atoms with van der Waals surface area (Å²) in [5, 5.41) is 2.56. The summed E-state index contributed by atoms with van der Waals surface area (Å²) in [6, 6.07) is 20.7. The minimum Gasteiger partial charge on any atom is -0.486 e. The smallest absolute Gasteiger partial charge is 0.329 e. The molecule has 0 aliphatic carbocycles. The van der Waals surface area contributed by atoms with Gasteiger partial charge in [-0.15, -0.1) is 0 Å². The van der Waals surface area contributed by atoms with Gasteiger partial charge in [0, 0.05) is 11.2 Å². The van der Waals surface area contributed by atoms with Crippen LogP contribution in [0.5, 0.6) is 5.75 Å². The van der Waals surface area contributed by atoms with Crippen molar-refractivity contribution in [1.29, 1.82) is 0 Å². The van der Waals surface area contributed by atoms with Gasteiger partial charge in [-0.2, -0.15) is 12.6 Å². The summed E-state index contributed by atoms with van der Waals surface area (Å²) < 4.78 is 16.3. The van der Waals surface area contributed by atoms with Crippen LogP contribution < -0.4 is 10.1 Å². The number of furan rings is 1. The number of thiol groups is 1. The number of carbonyl (C=O) groups excluding carboxylic acids is 2. The Hall–Kier alpha value is -3.19. The summed E-state index contributed by atoms with van der Waals surface area (Å²) in [6.45, 7) is 6.47. The van der Waals surface area contributed by atoms with Gasteiger partial charge in [-0.05, 0) is 42.3 Å². The molecule has 1 atom stereocenters. The number of benzene rings is 2. The van der Waals surface area contributed by atoms with Gasteiger partial charge in [-0.3, -0.25) is 4.79 Å². The predicted molar refractivity (Wildman–Crippen MR) is 130 cm³/mol. The summed E-state index contributed by atoms with van der Waals surface area (Å²) in [5.41, 5.74) is 2.29. The molecule has 0 aliphatic heterocycles. The summed E-state index contributed by atoms with van der Waals surface area (Å²) in [7, 11) is 0. The van der Waals surface area contributed by atoms with Crippen LogP contribution in [0.3, 0.4) is 0 Å². The Morgan fingerprint density at radius 3 is 2.30 bits per heavy atom. The first kappa shape index (κ1) is 24.5. The van der Waals surface area contributed by atoms with Gasteiger partial charge in [-0.25, -0.2) is 4.79 Å². The maximum absolute atomic E-state index is 12.4. The van der Waals surface area contributed by atoms with Crippen molar-refractivity contribution in [3.05, 3.63) is 89.4 Å². The fourth-order valence-electron chi connectivity index (χ4n) is 3.37. The third kappa shape index (κ3) is 6.20. The van der Waals surface area contributed by atoms with E-state index in [-0.39, 0.29) is 30.1 Å². The third-order valence-electron chi connectivity index (χ3n) is 5.40. The van der Waals surface area contributed by atoms with Gasteiger partial charge < -0.3 is 19.2 Å². The average Bonchev–Trinajstić information content (AvgIpc) is 3.31. The molecule has 1 heterocycles. The Bertz CT molecular complexity index is 1060. The highest BCUT2D eigenvalue weighted by Gasteiger charge is 2.24. The van der Waals surface area contributed by atoms with Crippen molar-refractivity contribution in [3.8, 4) is 5.75 Å². The van der Waals surface area contributed by atoms with Gasteiger partial charge in [-0.1, -0.05) is 56.3 Å². The largest absolute Gasteiger partial charge is 0.486 e. The molecule has 1 aromatic heterocycles. The van der Waals surface area contributed by atoms with E-state index in [9.17, 15) is 9.59 Å². The van der Waals surface area contributed by atoms with Crippen LogP contribution in [0.25, 0.3) is 0 Å². The van der Waals surface area contributed by atoms with E-state index in [1.807, 2.05) is 30.3 Å². The van der Waals surface area contributed by atoms with Gasteiger partial charge in [0.1, 0.15) is 24.2 Å². The maximum atomic E-state index is 12.4. The second kappa shape index (κ2) is 11.1. The molecule has 0 fully saturated rings. The first-order valence-corrected chi connectivity index (χ1v) is 11.4. The molecule has 0 unspecified atom stereocenters. The lowest BCUT2D eigenvalue weighted by molar-refractivity contribution is -0.144. The summed E-state index contributed by atoms with van der Waals surface area (Å²) in [6.07, 6.45) is 0. The Balaban J connectivity index is 1.58. The minimum atomic E-state index is -0.843. The summed E-state index contributed by atoms with van der Waals surface area (Å²) in [5.74, 6) is 0.355. The molecule has 0 radical (unpaired) electrons. The van der Waals surface area contributed by atoms with Crippen molar-refractivity contribution in [2.45, 2.75) is 38.8 Å². The van der Waals surface area contributed by atoms with Crippen LogP contribution in [0, 0.1) is 0 Å². The van der Waals surface area contributed by atoms with Crippen molar-refractivity contribution in [1.82, 2.24) is 5.32 Å². The number of amides is 1. The number of carbonyl (C=O) groups is 2. The maximum Gasteiger partial charge on any atom is 0.329 e. The zero-order valence-corrected chi connectivity index (χ0v) is 19.9. The van der Waals surface area contributed by atoms with E-state index in [4.69, 9.17) is 13.9 Å². The highest BCUT2D eigenvalue weighted by Crippen LogP contribution is 2.32. The van der Waals surface area contributed by atoms with E-state index in [1.54, 1.807) is 19.1 Å². The molecule has 0 spiro atoms. The molecule has 1 N–H and O–H groups in total. The zero-order valence-electron chi connectivity index (χ0n) is 19.0. The van der Waals surface area contributed by atoms with Crippen molar-refractivity contribution in [3.63, 3.8) is 0 Å². The fourth-order valence-corrected chi connectivity index (χ4v) is 3.61. The molecule has 0 aliphatic rings. The molecule has 1 amide bonds. The molecular weight excluding hydrogens is 438 g/mol. The normalized spacial score (nSPS) is 12.1. The summed E-state index contributed by atoms with van der Waals surface area (Å²) in [4.78, 5) is 24.2. The molecular formula is C26H29NO5S. The Morgan fingerprint density at radius 1 is 1.00 bits per heavy atom. The van der Waals surface area contributed by atoms with E-state index < -0.39 is 17.9 Å². The van der Waals surface area contributed by atoms with Gasteiger partial charge in [0.2, 0.25) is 0 Å². The van der Waals surface area contributed by atoms with E-state index in [0.29, 0.717) is 11.5 Å². The van der Waals surface area contributed by atoms with Gasteiger partial charge in [0.05, 0.1) is 6.61 Å². The number of rotatable bonds is 10. The molecule has 3 rings (SSSR count). The topological polar surface area (TPSA) is 77.8 Å². The standard InChI is InChI=1S/C26H29NO5S/c1-4-30-25(29)22(17-33)27-24(28)23-15-14-21(32-23)16-31-20-12-10-19(11-13-20)26(2,3)18-8-6-5-7-9-18/h5-15,22,33H,4,16-17H2,1-3H3,(H,27,28)/t22-/m0/s1. The van der Waals surface area contributed by atoms with Crippen molar-refractivity contribution < 1.29 is 23.5 Å². The van der Waals surface area contributed by atoms with E-state index in [1.165, 1.54) is 11.1 Å². The van der Waals surface area contributed by atoms with Crippen LogP contribution in [0.1, 0.15) is 48.2 Å². The van der Waals surface area contributed by atoms with Gasteiger partial charge in [0.15, 0.2) is 5.76 Å². The summed E-state index contributed by atoms with van der Waals surface area (Å²) >= 11 is 4.09. The Labute approximate surface area is 199 Å². The number of esters is 1. The van der Waals surface area contributed by atoms with Crippen LogP contribution >= 0.6 is 12.6 Å². The van der Waals surface area contributed by atoms with Gasteiger partial charge in [0.25, 0.3) is 5.91 Å². The quantitative estimate of drug-likeness (QED) is 0.332. The molecule has 33 heavy (non-hydrogen) atoms. The monoisotopic (exact) mass is 467 g/mol. The first-order chi connectivity index (χ1) is 15.8. The number of hydrogen-bond acceptors (Lipinski definition) is 6. The highest BCUT2D eigenvalue weighted by atomic mass is 32.1. The number of nitrogens with one attached hydrogen (secondary N) is 1. The highest BCUT2D eigenvalue weighted by molar-refractivity contribution is 7.80. The molecule has 3 aromatic rings. The molecule has 0 saturated heterocycles. The fraction of sp³-hybridized carbons (Fsp3) is 0.308. The predicted octanol–water partition coefficient (Wildman–Crippen LogP) is 4.78. The van der Waals surface area contributed by atoms with Crippen molar-refractivity contribution in [2.75, 3.05) is 12.4 Å². The van der Waals surface area contributed by atoms with Crippen LogP contribution in [-0.4, -0.2) is 30.3 Å². The third-order valence-corrected chi connectivity index (χ3v) is 5.76. The van der Waals surface area contributed by atoms with E-state index in [0.717, 1.165) is 0 Å². The molecule has 174 valence electrons. The Morgan fingerprint density at radius 2 is 1.67 bits per heavy atom. The SMILES string of the molecule is CCOC(=O)[C@H](CS)NC(=O)c1ccc(COc2ccc(C(C)(C)c3ccccc3)cc2)o1. The molecule has 0 bridgehead atoms. The van der Waals surface area contributed by atoms with E-state index >= 15 is 0 Å². The van der Waals surface area contributed by atoms with Crippen molar-refractivity contribution in [2.24, 2.45) is 0 Å².